The number of aryl methyl sites for hydroxylation is 1. The minimum absolute atomic E-state index is 0.195. The van der Waals surface area contributed by atoms with Gasteiger partial charge in [0, 0.05) is 32.0 Å². The van der Waals surface area contributed by atoms with Gasteiger partial charge < -0.3 is 15.2 Å². The lowest BCUT2D eigenvalue weighted by atomic mass is 9.96. The molecule has 1 aliphatic carbocycles. The van der Waals surface area contributed by atoms with Crippen molar-refractivity contribution in [3.8, 4) is 0 Å². The first kappa shape index (κ1) is 18.3. The van der Waals surface area contributed by atoms with Crippen molar-refractivity contribution in [2.75, 3.05) is 18.1 Å². The van der Waals surface area contributed by atoms with Crippen molar-refractivity contribution in [1.82, 2.24) is 15.2 Å². The molecule has 1 unspecified atom stereocenters. The van der Waals surface area contributed by atoms with Crippen LogP contribution in [-0.4, -0.2) is 43.0 Å². The van der Waals surface area contributed by atoms with Gasteiger partial charge in [0.15, 0.2) is 15.8 Å². The summed E-state index contributed by atoms with van der Waals surface area (Å²) in [6.45, 7) is 1.30. The third kappa shape index (κ3) is 5.76. The van der Waals surface area contributed by atoms with E-state index in [0.717, 1.165) is 12.4 Å². The van der Waals surface area contributed by atoms with Crippen molar-refractivity contribution >= 4 is 15.8 Å². The second-order valence-corrected chi connectivity index (χ2v) is 9.71. The van der Waals surface area contributed by atoms with Crippen molar-refractivity contribution in [2.24, 2.45) is 18.0 Å². The fraction of sp³-hybridized carbons (Fsp3) is 0.722. The summed E-state index contributed by atoms with van der Waals surface area (Å²) in [5.74, 6) is 1.64. The van der Waals surface area contributed by atoms with E-state index in [1.807, 2.05) is 17.8 Å². The van der Waals surface area contributed by atoms with Crippen molar-refractivity contribution in [3.05, 3.63) is 24.0 Å². The lowest BCUT2D eigenvalue weighted by Gasteiger charge is -2.25. The number of sulfone groups is 1. The Bertz CT molecular complexity index is 690. The van der Waals surface area contributed by atoms with Gasteiger partial charge in [0.2, 0.25) is 0 Å². The Morgan fingerprint density at radius 3 is 2.72 bits per heavy atom. The first-order valence-electron chi connectivity index (χ1n) is 9.36. The summed E-state index contributed by atoms with van der Waals surface area (Å²) in [5, 5.41) is 6.95. The van der Waals surface area contributed by atoms with E-state index in [1.54, 1.807) is 0 Å². The summed E-state index contributed by atoms with van der Waals surface area (Å²) in [6.07, 6.45) is 11.1. The molecule has 1 saturated heterocycles. The number of nitrogens with zero attached hydrogens (tertiary/aromatic N) is 2. The van der Waals surface area contributed by atoms with E-state index < -0.39 is 9.84 Å². The quantitative estimate of drug-likeness (QED) is 0.616. The van der Waals surface area contributed by atoms with E-state index in [0.29, 0.717) is 30.6 Å². The molecule has 7 heteroatoms. The molecule has 2 heterocycles. The zero-order chi connectivity index (χ0) is 17.7. The fourth-order valence-corrected chi connectivity index (χ4v) is 5.55. The summed E-state index contributed by atoms with van der Waals surface area (Å²) in [6, 6.07) is 2.55. The van der Waals surface area contributed by atoms with Crippen LogP contribution >= 0.6 is 0 Å². The maximum Gasteiger partial charge on any atom is 0.191 e. The number of aliphatic imine (C=N–C) groups is 1. The molecule has 25 heavy (non-hydrogen) atoms. The molecule has 2 fully saturated rings. The van der Waals surface area contributed by atoms with Crippen molar-refractivity contribution in [2.45, 2.75) is 51.1 Å². The molecule has 2 aliphatic rings. The number of guanidine groups is 1. The molecule has 0 spiro atoms. The maximum atomic E-state index is 11.6. The SMILES string of the molecule is Cn1ccc(CN=C(NCC2CCS(=O)(=O)C2)NC2CCCCC2)c1. The molecule has 3 rings (SSSR count). The molecule has 1 aliphatic heterocycles. The van der Waals surface area contributed by atoms with Crippen LogP contribution in [0.15, 0.2) is 23.5 Å². The van der Waals surface area contributed by atoms with Crippen molar-refractivity contribution in [3.63, 3.8) is 0 Å². The highest BCUT2D eigenvalue weighted by Crippen LogP contribution is 2.18. The topological polar surface area (TPSA) is 75.5 Å². The van der Waals surface area contributed by atoms with Gasteiger partial charge in [0.05, 0.1) is 18.1 Å². The smallest absolute Gasteiger partial charge is 0.191 e. The number of hydrogen-bond acceptors (Lipinski definition) is 3. The molecule has 140 valence electrons. The molecule has 0 aromatic carbocycles. The summed E-state index contributed by atoms with van der Waals surface area (Å²) in [5.41, 5.74) is 1.18. The number of nitrogens with one attached hydrogen (secondary N) is 2. The Morgan fingerprint density at radius 1 is 1.28 bits per heavy atom. The van der Waals surface area contributed by atoms with Gasteiger partial charge in [-0.2, -0.15) is 0 Å². The molecule has 1 atom stereocenters. The van der Waals surface area contributed by atoms with Gasteiger partial charge in [-0.3, -0.25) is 0 Å². The Kier molecular flexibility index (Phi) is 6.04. The Balaban J connectivity index is 1.58. The Morgan fingerprint density at radius 2 is 2.08 bits per heavy atom. The van der Waals surface area contributed by atoms with Gasteiger partial charge in [0.1, 0.15) is 0 Å². The van der Waals surface area contributed by atoms with Crippen molar-refractivity contribution in [1.29, 1.82) is 0 Å². The van der Waals surface area contributed by atoms with E-state index >= 15 is 0 Å². The van der Waals surface area contributed by atoms with Gasteiger partial charge in [-0.05, 0) is 36.8 Å². The normalized spacial score (nSPS) is 24.4. The molecular formula is C18H30N4O2S. The van der Waals surface area contributed by atoms with E-state index in [-0.39, 0.29) is 5.92 Å². The zero-order valence-corrected chi connectivity index (χ0v) is 15.9. The van der Waals surface area contributed by atoms with Gasteiger partial charge in [-0.25, -0.2) is 13.4 Å². The van der Waals surface area contributed by atoms with Crippen LogP contribution < -0.4 is 10.6 Å². The van der Waals surface area contributed by atoms with Crippen LogP contribution in [0.2, 0.25) is 0 Å². The second-order valence-electron chi connectivity index (χ2n) is 7.48. The lowest BCUT2D eigenvalue weighted by molar-refractivity contribution is 0.408. The summed E-state index contributed by atoms with van der Waals surface area (Å²) < 4.78 is 25.3. The first-order valence-corrected chi connectivity index (χ1v) is 11.2. The van der Waals surface area contributed by atoms with E-state index in [4.69, 9.17) is 4.99 Å². The number of aromatic nitrogens is 1. The highest BCUT2D eigenvalue weighted by atomic mass is 32.2. The second kappa shape index (κ2) is 8.25. The van der Waals surface area contributed by atoms with Gasteiger partial charge in [-0.1, -0.05) is 19.3 Å². The largest absolute Gasteiger partial charge is 0.357 e. The third-order valence-electron chi connectivity index (χ3n) is 5.14. The molecule has 1 aromatic rings. The summed E-state index contributed by atoms with van der Waals surface area (Å²) >= 11 is 0. The zero-order valence-electron chi connectivity index (χ0n) is 15.1. The minimum atomic E-state index is -2.83. The third-order valence-corrected chi connectivity index (χ3v) is 6.98. The first-order chi connectivity index (χ1) is 12.0. The number of hydrogen-bond donors (Lipinski definition) is 2. The van der Waals surface area contributed by atoms with E-state index in [9.17, 15) is 8.42 Å². The monoisotopic (exact) mass is 366 g/mol. The van der Waals surface area contributed by atoms with Crippen LogP contribution in [0.4, 0.5) is 0 Å². The van der Waals surface area contributed by atoms with E-state index in [2.05, 4.69) is 22.9 Å². The van der Waals surface area contributed by atoms with Crippen molar-refractivity contribution < 1.29 is 8.42 Å². The highest BCUT2D eigenvalue weighted by molar-refractivity contribution is 7.91. The molecule has 2 N–H and O–H groups in total. The van der Waals surface area contributed by atoms with Gasteiger partial charge in [-0.15, -0.1) is 0 Å². The highest BCUT2D eigenvalue weighted by Gasteiger charge is 2.28. The molecule has 1 saturated carbocycles. The summed E-state index contributed by atoms with van der Waals surface area (Å²) in [7, 11) is -0.819. The molecule has 6 nitrogen and oxygen atoms in total. The van der Waals surface area contributed by atoms with Crippen LogP contribution in [0.3, 0.4) is 0 Å². The predicted octanol–water partition coefficient (Wildman–Crippen LogP) is 1.83. The summed E-state index contributed by atoms with van der Waals surface area (Å²) in [4.78, 5) is 4.73. The van der Waals surface area contributed by atoms with Gasteiger partial charge in [0.25, 0.3) is 0 Å². The standard InChI is InChI=1S/C18H30N4O2S/c1-22-9-7-15(13-22)11-19-18(21-17-5-3-2-4-6-17)20-12-16-8-10-25(23,24)14-16/h7,9,13,16-17H,2-6,8,10-12,14H2,1H3,(H2,19,20,21). The van der Waals surface area contributed by atoms with Crippen LogP contribution in [0.5, 0.6) is 0 Å². The lowest BCUT2D eigenvalue weighted by Crippen LogP contribution is -2.45. The molecule has 0 bridgehead atoms. The Hall–Kier alpha value is -1.50. The average Bonchev–Trinajstić information content (AvgIpc) is 3.16. The van der Waals surface area contributed by atoms with E-state index in [1.165, 1.54) is 37.7 Å². The average molecular weight is 367 g/mol. The predicted molar refractivity (Wildman–Crippen MR) is 101 cm³/mol. The molecule has 0 amide bonds. The van der Waals surface area contributed by atoms with Gasteiger partial charge >= 0.3 is 0 Å². The van der Waals surface area contributed by atoms with Crippen LogP contribution in [-0.2, 0) is 23.4 Å². The van der Waals surface area contributed by atoms with Crippen LogP contribution in [0, 0.1) is 5.92 Å². The number of rotatable bonds is 5. The minimum Gasteiger partial charge on any atom is -0.357 e. The Labute approximate surface area is 151 Å². The molecule has 1 aromatic heterocycles. The van der Waals surface area contributed by atoms with Crippen LogP contribution in [0.1, 0.15) is 44.1 Å². The van der Waals surface area contributed by atoms with Crippen LogP contribution in [0.25, 0.3) is 0 Å². The fourth-order valence-electron chi connectivity index (χ4n) is 3.69. The molecule has 0 radical (unpaired) electrons. The maximum absolute atomic E-state index is 11.6. The molecular weight excluding hydrogens is 336 g/mol.